The van der Waals surface area contributed by atoms with Crippen molar-refractivity contribution in [2.24, 2.45) is 0 Å². The molecule has 2 amide bonds. The second-order valence-electron chi connectivity index (χ2n) is 5.58. The molecule has 0 spiro atoms. The number of methoxy groups -OCH3 is 1. The van der Waals surface area contributed by atoms with Crippen molar-refractivity contribution in [1.29, 1.82) is 0 Å². The third kappa shape index (κ3) is 7.18. The Balaban J connectivity index is 1.91. The van der Waals surface area contributed by atoms with Crippen molar-refractivity contribution in [3.05, 3.63) is 48.7 Å². The van der Waals surface area contributed by atoms with E-state index in [1.807, 2.05) is 24.5 Å². The highest BCUT2D eigenvalue weighted by atomic mass is 32.2. The number of carbonyl (C=O) groups excluding carboxylic acids is 2. The van der Waals surface area contributed by atoms with Crippen LogP contribution in [0.1, 0.15) is 6.42 Å². The summed E-state index contributed by atoms with van der Waals surface area (Å²) in [6.45, 7) is -0.156. The van der Waals surface area contributed by atoms with Crippen LogP contribution in [-0.2, 0) is 9.59 Å². The summed E-state index contributed by atoms with van der Waals surface area (Å²) in [5.74, 6) is 1.14. The number of ether oxygens (including phenoxy) is 2. The molecule has 7 nitrogen and oxygen atoms in total. The average Bonchev–Trinajstić information content (AvgIpc) is 2.70. The van der Waals surface area contributed by atoms with Crippen molar-refractivity contribution in [1.82, 2.24) is 10.3 Å². The van der Waals surface area contributed by atoms with Crippen LogP contribution in [0.4, 0.5) is 5.69 Å². The molecule has 0 aliphatic carbocycles. The monoisotopic (exact) mass is 389 g/mol. The van der Waals surface area contributed by atoms with E-state index in [1.165, 1.54) is 13.3 Å². The Hall–Kier alpha value is -2.74. The van der Waals surface area contributed by atoms with Crippen LogP contribution in [0.15, 0.2) is 48.7 Å². The van der Waals surface area contributed by atoms with Gasteiger partial charge in [-0.3, -0.25) is 9.59 Å². The first-order valence-corrected chi connectivity index (χ1v) is 9.79. The predicted octanol–water partition coefficient (Wildman–Crippen LogP) is 2.35. The highest BCUT2D eigenvalue weighted by Gasteiger charge is 2.21. The molecule has 0 bridgehead atoms. The van der Waals surface area contributed by atoms with Crippen molar-refractivity contribution >= 4 is 29.3 Å². The van der Waals surface area contributed by atoms with E-state index in [2.05, 4.69) is 15.6 Å². The fourth-order valence-electron chi connectivity index (χ4n) is 2.21. The number of nitrogens with zero attached hydrogens (tertiary/aromatic N) is 1. The Morgan fingerprint density at radius 2 is 1.96 bits per heavy atom. The zero-order chi connectivity index (χ0) is 19.5. The molecular formula is C19H23N3O4S. The Morgan fingerprint density at radius 3 is 2.59 bits per heavy atom. The van der Waals surface area contributed by atoms with Crippen molar-refractivity contribution in [2.45, 2.75) is 12.5 Å². The Kier molecular flexibility index (Phi) is 8.44. The molecule has 2 aromatic rings. The van der Waals surface area contributed by atoms with Crippen molar-refractivity contribution in [2.75, 3.05) is 31.0 Å². The fourth-order valence-corrected chi connectivity index (χ4v) is 2.68. The second kappa shape index (κ2) is 11.1. The number of nitrogens with one attached hydrogen (secondary N) is 2. The molecule has 0 aliphatic rings. The van der Waals surface area contributed by atoms with Gasteiger partial charge in [0.1, 0.15) is 11.8 Å². The lowest BCUT2D eigenvalue weighted by molar-refractivity contribution is -0.127. The molecule has 0 aliphatic heterocycles. The quantitative estimate of drug-likeness (QED) is 0.648. The van der Waals surface area contributed by atoms with Crippen LogP contribution in [0.5, 0.6) is 11.6 Å². The summed E-state index contributed by atoms with van der Waals surface area (Å²) in [5.41, 5.74) is 0.532. The summed E-state index contributed by atoms with van der Waals surface area (Å²) >= 11 is 1.60. The summed E-state index contributed by atoms with van der Waals surface area (Å²) in [4.78, 5) is 28.8. The minimum absolute atomic E-state index is 0.156. The van der Waals surface area contributed by atoms with Crippen LogP contribution in [0.2, 0.25) is 0 Å². The first-order chi connectivity index (χ1) is 13.1. The summed E-state index contributed by atoms with van der Waals surface area (Å²) in [6.07, 6.45) is 3.96. The first-order valence-electron chi connectivity index (χ1n) is 8.39. The summed E-state index contributed by atoms with van der Waals surface area (Å²) < 4.78 is 10.4. The van der Waals surface area contributed by atoms with Gasteiger partial charge in [0.2, 0.25) is 11.8 Å². The smallest absolute Gasteiger partial charge is 0.258 e. The number of aromatic nitrogens is 1. The number of hydrogen-bond donors (Lipinski definition) is 2. The lowest BCUT2D eigenvalue weighted by atomic mass is 10.2. The summed E-state index contributed by atoms with van der Waals surface area (Å²) in [6, 6.07) is 11.7. The van der Waals surface area contributed by atoms with E-state index in [0.29, 0.717) is 23.7 Å². The number of benzene rings is 1. The Labute approximate surface area is 162 Å². The number of amides is 2. The van der Waals surface area contributed by atoms with E-state index in [-0.39, 0.29) is 18.4 Å². The number of anilines is 1. The second-order valence-corrected chi connectivity index (χ2v) is 6.57. The molecule has 0 saturated heterocycles. The van der Waals surface area contributed by atoms with E-state index in [4.69, 9.17) is 9.47 Å². The molecule has 0 fully saturated rings. The molecule has 27 heavy (non-hydrogen) atoms. The molecule has 144 valence electrons. The maximum Gasteiger partial charge on any atom is 0.258 e. The fraction of sp³-hybridized carbons (Fsp3) is 0.316. The zero-order valence-corrected chi connectivity index (χ0v) is 16.1. The summed E-state index contributed by atoms with van der Waals surface area (Å²) in [7, 11) is 1.52. The van der Waals surface area contributed by atoms with Gasteiger partial charge in [-0.25, -0.2) is 4.98 Å². The topological polar surface area (TPSA) is 89.6 Å². The molecule has 0 unspecified atom stereocenters. The minimum atomic E-state index is -0.661. The van der Waals surface area contributed by atoms with Gasteiger partial charge in [-0.1, -0.05) is 18.2 Å². The van der Waals surface area contributed by atoms with Crippen LogP contribution in [0.3, 0.4) is 0 Å². The van der Waals surface area contributed by atoms with Gasteiger partial charge >= 0.3 is 0 Å². The molecule has 1 atom stereocenters. The van der Waals surface area contributed by atoms with E-state index in [0.717, 1.165) is 5.75 Å². The summed E-state index contributed by atoms with van der Waals surface area (Å²) in [5, 5.41) is 5.49. The third-order valence-corrected chi connectivity index (χ3v) is 4.23. The number of pyridine rings is 1. The van der Waals surface area contributed by atoms with Crippen LogP contribution >= 0.6 is 11.8 Å². The SMILES string of the molecule is COc1ccc(NC(=O)[C@@H](CCSC)NC(=O)COc2ccccc2)cn1. The number of thioether (sulfide) groups is 1. The van der Waals surface area contributed by atoms with Crippen molar-refractivity contribution < 1.29 is 19.1 Å². The normalized spacial score (nSPS) is 11.3. The van der Waals surface area contributed by atoms with Gasteiger partial charge in [0.25, 0.3) is 5.91 Å². The lowest BCUT2D eigenvalue weighted by Gasteiger charge is -2.18. The highest BCUT2D eigenvalue weighted by molar-refractivity contribution is 7.98. The van der Waals surface area contributed by atoms with E-state index < -0.39 is 6.04 Å². The van der Waals surface area contributed by atoms with E-state index in [1.54, 1.807) is 36.0 Å². The molecule has 2 rings (SSSR count). The maximum absolute atomic E-state index is 12.5. The van der Waals surface area contributed by atoms with Gasteiger partial charge in [-0.15, -0.1) is 0 Å². The van der Waals surface area contributed by atoms with Crippen LogP contribution in [-0.4, -0.2) is 48.6 Å². The van der Waals surface area contributed by atoms with Crippen molar-refractivity contribution in [3.63, 3.8) is 0 Å². The first kappa shape index (κ1) is 20.6. The third-order valence-electron chi connectivity index (χ3n) is 3.59. The molecular weight excluding hydrogens is 366 g/mol. The molecule has 8 heteroatoms. The van der Waals surface area contributed by atoms with Crippen molar-refractivity contribution in [3.8, 4) is 11.6 Å². The molecule has 1 aromatic carbocycles. The largest absolute Gasteiger partial charge is 0.484 e. The van der Waals surface area contributed by atoms with E-state index >= 15 is 0 Å². The van der Waals surface area contributed by atoms with Crippen LogP contribution in [0.25, 0.3) is 0 Å². The standard InChI is InChI=1S/C19H23N3O4S/c1-25-18-9-8-14(12-20-18)21-19(24)16(10-11-27-2)22-17(23)13-26-15-6-4-3-5-7-15/h3-9,12,16H,10-11,13H2,1-2H3,(H,21,24)(H,22,23)/t16-/m1/s1. The van der Waals surface area contributed by atoms with Gasteiger partial charge in [-0.05, 0) is 36.6 Å². The number of carbonyl (C=O) groups is 2. The van der Waals surface area contributed by atoms with Crippen LogP contribution < -0.4 is 20.1 Å². The zero-order valence-electron chi connectivity index (χ0n) is 15.3. The molecule has 1 heterocycles. The molecule has 0 radical (unpaired) electrons. The van der Waals surface area contributed by atoms with Gasteiger partial charge in [-0.2, -0.15) is 11.8 Å². The molecule has 0 saturated carbocycles. The van der Waals surface area contributed by atoms with E-state index in [9.17, 15) is 9.59 Å². The van der Waals surface area contributed by atoms with Gasteiger partial charge < -0.3 is 20.1 Å². The number of rotatable bonds is 10. The van der Waals surface area contributed by atoms with Gasteiger partial charge in [0, 0.05) is 6.07 Å². The average molecular weight is 389 g/mol. The van der Waals surface area contributed by atoms with Crippen LogP contribution in [0, 0.1) is 0 Å². The lowest BCUT2D eigenvalue weighted by Crippen LogP contribution is -2.45. The highest BCUT2D eigenvalue weighted by Crippen LogP contribution is 2.12. The Morgan fingerprint density at radius 1 is 1.19 bits per heavy atom. The van der Waals surface area contributed by atoms with Gasteiger partial charge in [0.15, 0.2) is 6.61 Å². The molecule has 2 N–H and O–H groups in total. The Bertz CT molecular complexity index is 725. The maximum atomic E-state index is 12.5. The molecule has 1 aromatic heterocycles. The number of hydrogen-bond acceptors (Lipinski definition) is 6. The van der Waals surface area contributed by atoms with Gasteiger partial charge in [0.05, 0.1) is 19.0 Å². The minimum Gasteiger partial charge on any atom is -0.484 e. The number of para-hydroxylation sites is 1. The predicted molar refractivity (Wildman–Crippen MR) is 106 cm³/mol.